The Balaban J connectivity index is 2.06. The molecular weight excluding hydrogens is 322 g/mol. The molecule has 0 amide bonds. The van der Waals surface area contributed by atoms with Gasteiger partial charge >= 0.3 is 0 Å². The molecule has 0 saturated carbocycles. The van der Waals surface area contributed by atoms with Crippen LogP contribution < -0.4 is 14.8 Å². The standard InChI is InChI=1S/C16H20ClNO3S/c1-11(19)8-18-9-12-6-14(17)16(15(7-12)20-2)21-10-13-4-3-5-22-13/h3-7,11,18-19H,8-10H2,1-2H3/p+1/t11-/m1/s1. The van der Waals surface area contributed by atoms with E-state index in [1.807, 2.05) is 35.0 Å². The van der Waals surface area contributed by atoms with Crippen molar-refractivity contribution in [2.45, 2.75) is 26.2 Å². The molecule has 1 atom stereocenters. The second-order valence-corrected chi connectivity index (χ2v) is 6.49. The minimum absolute atomic E-state index is 0.328. The van der Waals surface area contributed by atoms with Crippen molar-refractivity contribution in [2.24, 2.45) is 0 Å². The molecule has 2 aromatic rings. The van der Waals surface area contributed by atoms with E-state index in [1.165, 1.54) is 0 Å². The van der Waals surface area contributed by atoms with Gasteiger partial charge in [0.25, 0.3) is 0 Å². The number of rotatable bonds is 8. The number of hydrogen-bond donors (Lipinski definition) is 2. The van der Waals surface area contributed by atoms with E-state index in [0.29, 0.717) is 29.7 Å². The number of nitrogens with two attached hydrogens (primary N) is 1. The molecule has 22 heavy (non-hydrogen) atoms. The third-order valence-electron chi connectivity index (χ3n) is 3.12. The van der Waals surface area contributed by atoms with Crippen LogP contribution in [0.4, 0.5) is 0 Å². The van der Waals surface area contributed by atoms with Crippen LogP contribution in [0.1, 0.15) is 17.4 Å². The van der Waals surface area contributed by atoms with Crippen LogP contribution >= 0.6 is 22.9 Å². The minimum atomic E-state index is -0.328. The summed E-state index contributed by atoms with van der Waals surface area (Å²) in [6, 6.07) is 7.81. The highest BCUT2D eigenvalue weighted by Crippen LogP contribution is 2.37. The van der Waals surface area contributed by atoms with Crippen molar-refractivity contribution in [3.05, 3.63) is 45.1 Å². The maximum Gasteiger partial charge on any atom is 0.180 e. The first-order chi connectivity index (χ1) is 10.6. The third-order valence-corrected chi connectivity index (χ3v) is 4.25. The Labute approximate surface area is 139 Å². The molecule has 1 aromatic carbocycles. The average molecular weight is 343 g/mol. The van der Waals surface area contributed by atoms with Gasteiger partial charge in [0.15, 0.2) is 11.5 Å². The summed E-state index contributed by atoms with van der Waals surface area (Å²) < 4.78 is 11.2. The summed E-state index contributed by atoms with van der Waals surface area (Å²) in [6.07, 6.45) is -0.328. The predicted molar refractivity (Wildman–Crippen MR) is 88.8 cm³/mol. The van der Waals surface area contributed by atoms with Gasteiger partial charge in [-0.25, -0.2) is 0 Å². The predicted octanol–water partition coefficient (Wildman–Crippen LogP) is 2.43. The maximum atomic E-state index is 9.29. The van der Waals surface area contributed by atoms with Crippen molar-refractivity contribution in [3.8, 4) is 11.5 Å². The monoisotopic (exact) mass is 342 g/mol. The van der Waals surface area contributed by atoms with Gasteiger partial charge in [0.1, 0.15) is 19.7 Å². The highest BCUT2D eigenvalue weighted by Gasteiger charge is 2.13. The Morgan fingerprint density at radius 2 is 2.23 bits per heavy atom. The van der Waals surface area contributed by atoms with Crippen molar-refractivity contribution >= 4 is 22.9 Å². The van der Waals surface area contributed by atoms with Gasteiger partial charge in [0.2, 0.25) is 0 Å². The Hall–Kier alpha value is -1.27. The Bertz CT molecular complexity index is 587. The number of aliphatic hydroxyl groups excluding tert-OH is 1. The van der Waals surface area contributed by atoms with Crippen LogP contribution in [0, 0.1) is 0 Å². The Kier molecular flexibility index (Phi) is 6.51. The van der Waals surface area contributed by atoms with E-state index in [9.17, 15) is 5.11 Å². The second-order valence-electron chi connectivity index (χ2n) is 5.05. The summed E-state index contributed by atoms with van der Waals surface area (Å²) in [5.41, 5.74) is 1.03. The van der Waals surface area contributed by atoms with Crippen molar-refractivity contribution in [3.63, 3.8) is 0 Å². The summed E-state index contributed by atoms with van der Waals surface area (Å²) in [4.78, 5) is 1.13. The summed E-state index contributed by atoms with van der Waals surface area (Å²) in [5.74, 6) is 1.20. The smallest absolute Gasteiger partial charge is 0.180 e. The van der Waals surface area contributed by atoms with E-state index in [-0.39, 0.29) is 6.10 Å². The lowest BCUT2D eigenvalue weighted by Gasteiger charge is -2.13. The molecule has 4 nitrogen and oxygen atoms in total. The van der Waals surface area contributed by atoms with Crippen LogP contribution in [0.3, 0.4) is 0 Å². The van der Waals surface area contributed by atoms with Crippen molar-refractivity contribution in [1.82, 2.24) is 0 Å². The maximum absolute atomic E-state index is 9.29. The molecule has 6 heteroatoms. The summed E-state index contributed by atoms with van der Waals surface area (Å²) in [5, 5.41) is 13.9. The number of methoxy groups -OCH3 is 1. The first-order valence-electron chi connectivity index (χ1n) is 7.11. The normalized spacial score (nSPS) is 12.2. The van der Waals surface area contributed by atoms with Gasteiger partial charge in [0.05, 0.1) is 18.2 Å². The van der Waals surface area contributed by atoms with Gasteiger partial charge in [-0.1, -0.05) is 17.7 Å². The molecule has 0 aliphatic rings. The summed E-state index contributed by atoms with van der Waals surface area (Å²) >= 11 is 7.97. The SMILES string of the molecule is COc1cc(C[NH2+]C[C@@H](C)O)cc(Cl)c1OCc1cccs1. The lowest BCUT2D eigenvalue weighted by Crippen LogP contribution is -2.84. The molecule has 1 aromatic heterocycles. The van der Waals surface area contributed by atoms with Gasteiger partial charge < -0.3 is 19.9 Å². The Morgan fingerprint density at radius 1 is 1.41 bits per heavy atom. The molecule has 0 spiro atoms. The zero-order valence-corrected chi connectivity index (χ0v) is 14.3. The zero-order valence-electron chi connectivity index (χ0n) is 12.7. The molecule has 0 saturated heterocycles. The lowest BCUT2D eigenvalue weighted by molar-refractivity contribution is -0.676. The van der Waals surface area contributed by atoms with Crippen molar-refractivity contribution in [2.75, 3.05) is 13.7 Å². The first kappa shape index (κ1) is 17.1. The van der Waals surface area contributed by atoms with Crippen LogP contribution in [0.2, 0.25) is 5.02 Å². The molecular formula is C16H21ClNO3S+. The third kappa shape index (κ3) is 4.88. The van der Waals surface area contributed by atoms with Gasteiger partial charge in [-0.3, -0.25) is 0 Å². The molecule has 1 heterocycles. The number of halogens is 1. The number of thiophene rings is 1. The van der Waals surface area contributed by atoms with E-state index in [0.717, 1.165) is 17.0 Å². The van der Waals surface area contributed by atoms with E-state index in [4.69, 9.17) is 21.1 Å². The number of aliphatic hydroxyl groups is 1. The van der Waals surface area contributed by atoms with Crippen LogP contribution in [0.25, 0.3) is 0 Å². The topological polar surface area (TPSA) is 55.3 Å². The fraction of sp³-hybridized carbons (Fsp3) is 0.375. The molecule has 2 rings (SSSR count). The zero-order chi connectivity index (χ0) is 15.9. The van der Waals surface area contributed by atoms with E-state index < -0.39 is 0 Å². The fourth-order valence-electron chi connectivity index (χ4n) is 2.06. The molecule has 0 fully saturated rings. The molecule has 0 bridgehead atoms. The van der Waals surface area contributed by atoms with E-state index in [1.54, 1.807) is 25.4 Å². The average Bonchev–Trinajstić information content (AvgIpc) is 2.98. The van der Waals surface area contributed by atoms with Crippen molar-refractivity contribution in [1.29, 1.82) is 0 Å². The van der Waals surface area contributed by atoms with Crippen LogP contribution in [0.15, 0.2) is 29.6 Å². The first-order valence-corrected chi connectivity index (χ1v) is 8.37. The summed E-state index contributed by atoms with van der Waals surface area (Å²) in [7, 11) is 1.60. The van der Waals surface area contributed by atoms with Gasteiger partial charge in [-0.05, 0) is 30.5 Å². The van der Waals surface area contributed by atoms with E-state index >= 15 is 0 Å². The van der Waals surface area contributed by atoms with Crippen LogP contribution in [-0.2, 0) is 13.2 Å². The van der Waals surface area contributed by atoms with Gasteiger partial charge in [-0.2, -0.15) is 0 Å². The highest BCUT2D eigenvalue weighted by atomic mass is 35.5. The second kappa shape index (κ2) is 8.39. The van der Waals surface area contributed by atoms with Crippen LogP contribution in [0.5, 0.6) is 11.5 Å². The Morgan fingerprint density at radius 3 is 2.86 bits per heavy atom. The highest BCUT2D eigenvalue weighted by molar-refractivity contribution is 7.09. The fourth-order valence-corrected chi connectivity index (χ4v) is 2.96. The quantitative estimate of drug-likeness (QED) is 0.774. The molecule has 3 N–H and O–H groups in total. The molecule has 120 valence electrons. The molecule has 0 aliphatic heterocycles. The molecule has 0 aliphatic carbocycles. The van der Waals surface area contributed by atoms with Crippen LogP contribution in [-0.4, -0.2) is 24.9 Å². The number of quaternary nitrogens is 1. The summed E-state index contributed by atoms with van der Waals surface area (Å²) in [6.45, 7) is 3.62. The van der Waals surface area contributed by atoms with Gasteiger partial charge in [0, 0.05) is 10.4 Å². The minimum Gasteiger partial charge on any atom is -0.493 e. The number of ether oxygens (including phenoxy) is 2. The largest absolute Gasteiger partial charge is 0.493 e. The molecule has 0 unspecified atom stereocenters. The number of benzene rings is 1. The lowest BCUT2D eigenvalue weighted by atomic mass is 10.2. The number of hydrogen-bond acceptors (Lipinski definition) is 4. The van der Waals surface area contributed by atoms with E-state index in [2.05, 4.69) is 0 Å². The molecule has 0 radical (unpaired) electrons. The van der Waals surface area contributed by atoms with Gasteiger partial charge in [-0.15, -0.1) is 11.3 Å². The van der Waals surface area contributed by atoms with Crippen molar-refractivity contribution < 1.29 is 19.9 Å².